The fourth-order valence-electron chi connectivity index (χ4n) is 4.63. The highest BCUT2D eigenvalue weighted by Gasteiger charge is 2.62. The fraction of sp³-hybridized carbons (Fsp3) is 0.875. The summed E-state index contributed by atoms with van der Waals surface area (Å²) in [6.07, 6.45) is 4.04. The lowest BCUT2D eigenvalue weighted by molar-refractivity contribution is -0.132. The number of hydrogen-bond donors (Lipinski definition) is 0. The summed E-state index contributed by atoms with van der Waals surface area (Å²) >= 11 is 0. The average Bonchev–Trinajstić information content (AvgIpc) is 3.04. The van der Waals surface area contributed by atoms with E-state index >= 15 is 0 Å². The summed E-state index contributed by atoms with van der Waals surface area (Å²) in [5, 5.41) is 0. The van der Waals surface area contributed by atoms with Crippen LogP contribution in [-0.4, -0.2) is 72.9 Å². The van der Waals surface area contributed by atoms with E-state index in [2.05, 4.69) is 0 Å². The molecule has 0 bridgehead atoms. The van der Waals surface area contributed by atoms with Crippen molar-refractivity contribution in [3.63, 3.8) is 0 Å². The Hall–Kier alpha value is -0.990. The van der Waals surface area contributed by atoms with Gasteiger partial charge in [-0.3, -0.25) is 14.7 Å². The molecule has 1 saturated heterocycles. The molecule has 2 saturated carbocycles. The minimum absolute atomic E-state index is 0.0129. The fourth-order valence-corrected chi connectivity index (χ4v) is 5.82. The van der Waals surface area contributed by atoms with Gasteiger partial charge in [0.1, 0.15) is 11.4 Å². The molecule has 4 rings (SSSR count). The molecule has 24 heavy (non-hydrogen) atoms. The van der Waals surface area contributed by atoms with Crippen LogP contribution in [0, 0.1) is 17.8 Å². The number of carbonyl (C=O) groups is 1. The zero-order chi connectivity index (χ0) is 17.3. The second-order valence-electron chi connectivity index (χ2n) is 7.95. The van der Waals surface area contributed by atoms with Crippen molar-refractivity contribution in [2.24, 2.45) is 22.7 Å². The van der Waals surface area contributed by atoms with Crippen molar-refractivity contribution < 1.29 is 13.2 Å². The number of amides is 1. The molecule has 3 fully saturated rings. The third-order valence-electron chi connectivity index (χ3n) is 6.21. The second-order valence-corrected chi connectivity index (χ2v) is 10.1. The molecule has 4 aliphatic rings. The smallest absolute Gasteiger partial charge is 0.281 e. The molecule has 2 aliphatic carbocycles. The number of carbonyl (C=O) groups excluding carboxylic acids is 1. The first-order chi connectivity index (χ1) is 11.3. The predicted molar refractivity (Wildman–Crippen MR) is 90.7 cm³/mol. The highest BCUT2D eigenvalue weighted by molar-refractivity contribution is 7.86. The Labute approximate surface area is 143 Å². The van der Waals surface area contributed by atoms with E-state index in [1.807, 2.05) is 11.8 Å². The lowest BCUT2D eigenvalue weighted by atomic mass is 9.85. The van der Waals surface area contributed by atoms with Gasteiger partial charge in [0.25, 0.3) is 16.1 Å². The Morgan fingerprint density at radius 2 is 1.96 bits per heavy atom. The first kappa shape index (κ1) is 16.5. The molecular weight excluding hydrogens is 328 g/mol. The summed E-state index contributed by atoms with van der Waals surface area (Å²) in [6, 6.07) is 0. The molecular formula is C16H26N4O3S. The summed E-state index contributed by atoms with van der Waals surface area (Å²) in [5.74, 6) is 1.81. The molecule has 0 unspecified atom stereocenters. The number of nitrogens with zero attached hydrogens (tertiary/aromatic N) is 4. The maximum absolute atomic E-state index is 13.2. The van der Waals surface area contributed by atoms with E-state index in [1.54, 1.807) is 14.1 Å². The summed E-state index contributed by atoms with van der Waals surface area (Å²) in [5.41, 5.74) is -0.708. The Morgan fingerprint density at radius 3 is 2.58 bits per heavy atom. The van der Waals surface area contributed by atoms with Crippen LogP contribution in [0.25, 0.3) is 0 Å². The van der Waals surface area contributed by atoms with Crippen molar-refractivity contribution in [3.8, 4) is 0 Å². The van der Waals surface area contributed by atoms with E-state index in [0.29, 0.717) is 19.0 Å². The van der Waals surface area contributed by atoms with E-state index in [1.165, 1.54) is 21.5 Å². The SMILES string of the molecule is CC1=N[C@@]2(CC[C@@H]3CN(S(=O)(=O)N(C)C)C[C@@H]32)C(=O)N1CC1CC1. The van der Waals surface area contributed by atoms with Crippen molar-refractivity contribution in [2.45, 2.75) is 38.1 Å². The van der Waals surface area contributed by atoms with Gasteiger partial charge in [0.15, 0.2) is 0 Å². The van der Waals surface area contributed by atoms with Gasteiger partial charge in [-0.1, -0.05) is 0 Å². The van der Waals surface area contributed by atoms with Gasteiger partial charge in [-0.05, 0) is 44.4 Å². The van der Waals surface area contributed by atoms with Crippen LogP contribution >= 0.6 is 0 Å². The average molecular weight is 354 g/mol. The van der Waals surface area contributed by atoms with E-state index in [4.69, 9.17) is 4.99 Å². The van der Waals surface area contributed by atoms with Crippen LogP contribution in [-0.2, 0) is 15.0 Å². The van der Waals surface area contributed by atoms with Crippen molar-refractivity contribution in [1.82, 2.24) is 13.5 Å². The lowest BCUT2D eigenvalue weighted by Crippen LogP contribution is -2.48. The zero-order valence-electron chi connectivity index (χ0n) is 14.6. The Kier molecular flexibility index (Phi) is 3.61. The van der Waals surface area contributed by atoms with Crippen LogP contribution < -0.4 is 0 Å². The van der Waals surface area contributed by atoms with Gasteiger partial charge in [0.2, 0.25) is 0 Å². The van der Waals surface area contributed by atoms with E-state index in [9.17, 15) is 13.2 Å². The summed E-state index contributed by atoms with van der Waals surface area (Å²) in [7, 11) is -0.315. The van der Waals surface area contributed by atoms with Crippen LogP contribution in [0.1, 0.15) is 32.6 Å². The van der Waals surface area contributed by atoms with E-state index in [-0.39, 0.29) is 17.7 Å². The number of hydrogen-bond acceptors (Lipinski definition) is 4. The number of fused-ring (bicyclic) bond motifs is 2. The van der Waals surface area contributed by atoms with Crippen LogP contribution in [0.2, 0.25) is 0 Å². The molecule has 7 nitrogen and oxygen atoms in total. The van der Waals surface area contributed by atoms with Gasteiger partial charge in [0, 0.05) is 39.6 Å². The summed E-state index contributed by atoms with van der Waals surface area (Å²) in [4.78, 5) is 19.9. The molecule has 8 heteroatoms. The normalized spacial score (nSPS) is 36.9. The number of rotatable bonds is 4. The third kappa shape index (κ3) is 2.26. The van der Waals surface area contributed by atoms with Gasteiger partial charge in [-0.15, -0.1) is 0 Å². The van der Waals surface area contributed by atoms with Crippen molar-refractivity contribution in [1.29, 1.82) is 0 Å². The van der Waals surface area contributed by atoms with Gasteiger partial charge in [0.05, 0.1) is 0 Å². The van der Waals surface area contributed by atoms with Crippen molar-refractivity contribution >= 4 is 22.0 Å². The van der Waals surface area contributed by atoms with E-state index in [0.717, 1.165) is 25.2 Å². The maximum Gasteiger partial charge on any atom is 0.281 e. The molecule has 0 aromatic carbocycles. The Balaban J connectivity index is 1.59. The quantitative estimate of drug-likeness (QED) is 0.740. The first-order valence-corrected chi connectivity index (χ1v) is 10.2. The topological polar surface area (TPSA) is 73.3 Å². The lowest BCUT2D eigenvalue weighted by Gasteiger charge is -2.28. The second kappa shape index (κ2) is 5.25. The Bertz CT molecular complexity index is 700. The van der Waals surface area contributed by atoms with Gasteiger partial charge < -0.3 is 0 Å². The summed E-state index contributed by atoms with van der Waals surface area (Å²) < 4.78 is 27.7. The molecule has 1 spiro atoms. The monoisotopic (exact) mass is 354 g/mol. The van der Waals surface area contributed by atoms with Gasteiger partial charge in [-0.2, -0.15) is 17.0 Å². The van der Waals surface area contributed by atoms with Crippen LogP contribution in [0.5, 0.6) is 0 Å². The van der Waals surface area contributed by atoms with Gasteiger partial charge >= 0.3 is 0 Å². The molecule has 3 atom stereocenters. The number of aliphatic imine (C=N–C) groups is 1. The molecule has 0 N–H and O–H groups in total. The Morgan fingerprint density at radius 1 is 1.25 bits per heavy atom. The highest BCUT2D eigenvalue weighted by Crippen LogP contribution is 2.51. The molecule has 2 aliphatic heterocycles. The minimum Gasteiger partial charge on any atom is -0.298 e. The predicted octanol–water partition coefficient (Wildman–Crippen LogP) is 0.544. The minimum atomic E-state index is -3.43. The standard InChI is InChI=1S/C16H26N4O3S/c1-11-17-16(15(21)20(11)8-12-4-5-12)7-6-13-9-19(10-14(13)16)24(22,23)18(2)3/h12-14H,4-10H2,1-3H3/t13-,14+,16-/m1/s1. The molecule has 0 radical (unpaired) electrons. The number of amidine groups is 1. The third-order valence-corrected chi connectivity index (χ3v) is 8.08. The molecule has 2 heterocycles. The van der Waals surface area contributed by atoms with E-state index < -0.39 is 15.7 Å². The van der Waals surface area contributed by atoms with Crippen LogP contribution in [0.3, 0.4) is 0 Å². The van der Waals surface area contributed by atoms with Gasteiger partial charge in [-0.25, -0.2) is 0 Å². The molecule has 1 amide bonds. The molecule has 0 aromatic heterocycles. The van der Waals surface area contributed by atoms with Crippen LogP contribution in [0.15, 0.2) is 4.99 Å². The molecule has 134 valence electrons. The van der Waals surface area contributed by atoms with Crippen molar-refractivity contribution in [3.05, 3.63) is 0 Å². The first-order valence-electron chi connectivity index (χ1n) is 8.82. The largest absolute Gasteiger partial charge is 0.298 e. The molecule has 0 aromatic rings. The zero-order valence-corrected chi connectivity index (χ0v) is 15.4. The highest BCUT2D eigenvalue weighted by atomic mass is 32.2. The summed E-state index contributed by atoms with van der Waals surface area (Å²) in [6.45, 7) is 3.63. The van der Waals surface area contributed by atoms with Crippen molar-refractivity contribution in [2.75, 3.05) is 33.7 Å². The van der Waals surface area contributed by atoms with Crippen LogP contribution in [0.4, 0.5) is 0 Å². The maximum atomic E-state index is 13.2.